The zero-order chi connectivity index (χ0) is 14.8. The first-order valence-corrected chi connectivity index (χ1v) is 7.31. The van der Waals surface area contributed by atoms with Gasteiger partial charge in [-0.2, -0.15) is 5.10 Å². The van der Waals surface area contributed by atoms with E-state index in [2.05, 4.69) is 36.3 Å². The summed E-state index contributed by atoms with van der Waals surface area (Å²) in [6.45, 7) is 2.77. The predicted molar refractivity (Wildman–Crippen MR) is 80.2 cm³/mol. The van der Waals surface area contributed by atoms with Crippen LogP contribution in [0.2, 0.25) is 0 Å². The molecule has 21 heavy (non-hydrogen) atoms. The SMILES string of the molecule is Cc1ccc(=O)n(C2COCC2Nc2ncc(Br)cn2)n1. The number of ether oxygens (including phenoxy) is 1. The van der Waals surface area contributed by atoms with Gasteiger partial charge in [-0.3, -0.25) is 4.79 Å². The van der Waals surface area contributed by atoms with E-state index in [-0.39, 0.29) is 17.6 Å². The van der Waals surface area contributed by atoms with Crippen LogP contribution in [-0.2, 0) is 4.74 Å². The highest BCUT2D eigenvalue weighted by molar-refractivity contribution is 9.10. The topological polar surface area (TPSA) is 81.9 Å². The minimum atomic E-state index is -0.176. The van der Waals surface area contributed by atoms with Crippen LogP contribution in [0.1, 0.15) is 11.7 Å². The Kier molecular flexibility index (Phi) is 3.98. The predicted octanol–water partition coefficient (Wildman–Crippen LogP) is 1.16. The maximum Gasteiger partial charge on any atom is 0.267 e. The van der Waals surface area contributed by atoms with Crippen molar-refractivity contribution >= 4 is 21.9 Å². The quantitative estimate of drug-likeness (QED) is 0.893. The molecule has 1 saturated heterocycles. The van der Waals surface area contributed by atoms with Crippen LogP contribution in [0.25, 0.3) is 0 Å². The highest BCUT2D eigenvalue weighted by atomic mass is 79.9. The van der Waals surface area contributed by atoms with E-state index >= 15 is 0 Å². The molecule has 0 bridgehead atoms. The number of nitrogens with zero attached hydrogens (tertiary/aromatic N) is 4. The van der Waals surface area contributed by atoms with E-state index in [1.54, 1.807) is 18.5 Å². The maximum atomic E-state index is 12.0. The summed E-state index contributed by atoms with van der Waals surface area (Å²) >= 11 is 3.29. The minimum Gasteiger partial charge on any atom is -0.377 e. The molecule has 0 saturated carbocycles. The molecule has 2 atom stereocenters. The van der Waals surface area contributed by atoms with Crippen LogP contribution in [0.4, 0.5) is 5.95 Å². The summed E-state index contributed by atoms with van der Waals surface area (Å²) in [5.74, 6) is 0.499. The number of hydrogen-bond donors (Lipinski definition) is 1. The molecule has 0 radical (unpaired) electrons. The summed E-state index contributed by atoms with van der Waals surface area (Å²) in [7, 11) is 0. The van der Waals surface area contributed by atoms with Crippen LogP contribution in [0.3, 0.4) is 0 Å². The molecule has 2 aromatic rings. The molecular weight excluding hydrogens is 338 g/mol. The average molecular weight is 352 g/mol. The van der Waals surface area contributed by atoms with Crippen molar-refractivity contribution in [2.75, 3.05) is 18.5 Å². The highest BCUT2D eigenvalue weighted by Gasteiger charge is 2.31. The molecule has 1 N–H and O–H groups in total. The van der Waals surface area contributed by atoms with Gasteiger partial charge in [0, 0.05) is 18.5 Å². The van der Waals surface area contributed by atoms with Gasteiger partial charge >= 0.3 is 0 Å². The van der Waals surface area contributed by atoms with E-state index in [0.717, 1.165) is 10.2 Å². The van der Waals surface area contributed by atoms with E-state index in [4.69, 9.17) is 4.74 Å². The summed E-state index contributed by atoms with van der Waals surface area (Å²) in [5.41, 5.74) is 0.653. The van der Waals surface area contributed by atoms with Crippen LogP contribution in [-0.4, -0.2) is 39.0 Å². The normalized spacial score (nSPS) is 21.4. The summed E-state index contributed by atoms with van der Waals surface area (Å²) < 4.78 is 7.77. The monoisotopic (exact) mass is 351 g/mol. The molecule has 1 aliphatic heterocycles. The minimum absolute atomic E-state index is 0.0989. The first-order valence-electron chi connectivity index (χ1n) is 6.52. The number of anilines is 1. The number of halogens is 1. The third-order valence-corrected chi connectivity index (χ3v) is 3.67. The molecule has 0 aliphatic carbocycles. The van der Waals surface area contributed by atoms with Crippen molar-refractivity contribution in [2.24, 2.45) is 0 Å². The Bertz CT molecular complexity index is 688. The van der Waals surface area contributed by atoms with Crippen LogP contribution in [0, 0.1) is 6.92 Å². The molecule has 7 nitrogen and oxygen atoms in total. The van der Waals surface area contributed by atoms with Gasteiger partial charge in [0.15, 0.2) is 0 Å². The molecule has 2 aromatic heterocycles. The molecular formula is C13H14BrN5O2. The molecule has 3 heterocycles. The largest absolute Gasteiger partial charge is 0.377 e. The van der Waals surface area contributed by atoms with Crippen molar-refractivity contribution in [3.05, 3.63) is 45.0 Å². The highest BCUT2D eigenvalue weighted by Crippen LogP contribution is 2.20. The number of nitrogens with one attached hydrogen (secondary N) is 1. The van der Waals surface area contributed by atoms with Crippen molar-refractivity contribution in [3.63, 3.8) is 0 Å². The molecule has 110 valence electrons. The lowest BCUT2D eigenvalue weighted by Gasteiger charge is -2.20. The number of aryl methyl sites for hydroxylation is 1. The Morgan fingerprint density at radius 1 is 1.33 bits per heavy atom. The smallest absolute Gasteiger partial charge is 0.267 e. The zero-order valence-electron chi connectivity index (χ0n) is 11.4. The van der Waals surface area contributed by atoms with Gasteiger partial charge in [0.1, 0.15) is 6.04 Å². The Morgan fingerprint density at radius 2 is 2.10 bits per heavy atom. The fourth-order valence-electron chi connectivity index (χ4n) is 2.23. The van der Waals surface area contributed by atoms with Gasteiger partial charge in [-0.15, -0.1) is 0 Å². The molecule has 8 heteroatoms. The molecule has 3 rings (SSSR count). The zero-order valence-corrected chi connectivity index (χ0v) is 12.9. The third-order valence-electron chi connectivity index (χ3n) is 3.26. The van der Waals surface area contributed by atoms with Crippen LogP contribution in [0.15, 0.2) is 33.8 Å². The van der Waals surface area contributed by atoms with Gasteiger partial charge in [-0.05, 0) is 28.9 Å². The summed E-state index contributed by atoms with van der Waals surface area (Å²) in [5, 5.41) is 7.49. The van der Waals surface area contributed by atoms with Gasteiger partial charge < -0.3 is 10.1 Å². The Morgan fingerprint density at radius 3 is 2.86 bits per heavy atom. The second-order valence-corrected chi connectivity index (χ2v) is 5.75. The van der Waals surface area contributed by atoms with E-state index in [0.29, 0.717) is 19.2 Å². The van der Waals surface area contributed by atoms with Crippen molar-refractivity contribution in [2.45, 2.75) is 19.0 Å². The second kappa shape index (κ2) is 5.90. The summed E-state index contributed by atoms with van der Waals surface area (Å²) in [6.07, 6.45) is 3.33. The lowest BCUT2D eigenvalue weighted by Crippen LogP contribution is -2.37. The van der Waals surface area contributed by atoms with E-state index in [1.165, 1.54) is 10.7 Å². The molecule has 1 fully saturated rings. The standard InChI is InChI=1S/C13H14BrN5O2/c1-8-2-3-12(20)19(18-8)11-7-21-6-10(11)17-13-15-4-9(14)5-16-13/h2-5,10-11H,6-7H2,1H3,(H,15,16,17). The third kappa shape index (κ3) is 3.11. The maximum absolute atomic E-state index is 12.0. The molecule has 2 unspecified atom stereocenters. The van der Waals surface area contributed by atoms with Crippen LogP contribution >= 0.6 is 15.9 Å². The van der Waals surface area contributed by atoms with Crippen molar-refractivity contribution in [1.82, 2.24) is 19.7 Å². The first-order chi connectivity index (χ1) is 10.1. The Balaban J connectivity index is 1.83. The molecule has 0 amide bonds. The Hall–Kier alpha value is -1.80. The van der Waals surface area contributed by atoms with Crippen molar-refractivity contribution in [1.29, 1.82) is 0 Å². The van der Waals surface area contributed by atoms with E-state index < -0.39 is 0 Å². The first kappa shape index (κ1) is 14.2. The molecule has 0 spiro atoms. The fraction of sp³-hybridized carbons (Fsp3) is 0.385. The molecule has 0 aromatic carbocycles. The van der Waals surface area contributed by atoms with Gasteiger partial charge in [-0.1, -0.05) is 0 Å². The summed E-state index contributed by atoms with van der Waals surface area (Å²) in [4.78, 5) is 20.3. The average Bonchev–Trinajstić information content (AvgIpc) is 2.92. The number of rotatable bonds is 3. The van der Waals surface area contributed by atoms with Gasteiger partial charge in [-0.25, -0.2) is 14.6 Å². The second-order valence-electron chi connectivity index (χ2n) is 4.84. The molecule has 1 aliphatic rings. The number of hydrogen-bond acceptors (Lipinski definition) is 6. The summed E-state index contributed by atoms with van der Waals surface area (Å²) in [6, 6.07) is 2.95. The van der Waals surface area contributed by atoms with Gasteiger partial charge in [0.05, 0.1) is 29.4 Å². The van der Waals surface area contributed by atoms with Crippen LogP contribution < -0.4 is 10.9 Å². The van der Waals surface area contributed by atoms with Crippen molar-refractivity contribution < 1.29 is 4.74 Å². The van der Waals surface area contributed by atoms with E-state index in [1.807, 2.05) is 6.92 Å². The van der Waals surface area contributed by atoms with Crippen LogP contribution in [0.5, 0.6) is 0 Å². The fourth-order valence-corrected chi connectivity index (χ4v) is 2.44. The Labute approximate surface area is 129 Å². The lowest BCUT2D eigenvalue weighted by atomic mass is 10.2. The van der Waals surface area contributed by atoms with Crippen molar-refractivity contribution in [3.8, 4) is 0 Å². The number of aromatic nitrogens is 4. The van der Waals surface area contributed by atoms with Gasteiger partial charge in [0.2, 0.25) is 5.95 Å². The lowest BCUT2D eigenvalue weighted by molar-refractivity contribution is 0.182. The van der Waals surface area contributed by atoms with Gasteiger partial charge in [0.25, 0.3) is 5.56 Å². The van der Waals surface area contributed by atoms with E-state index in [9.17, 15) is 4.79 Å².